The van der Waals surface area contributed by atoms with Crippen LogP contribution in [0.15, 0.2) is 0 Å². The Labute approximate surface area is 72.5 Å². The Morgan fingerprint density at radius 1 is 1.00 bits per heavy atom. The van der Waals surface area contributed by atoms with Crippen molar-refractivity contribution < 1.29 is 10.2 Å². The molecule has 1 atom stereocenters. The van der Waals surface area contributed by atoms with Crippen molar-refractivity contribution in [3.8, 4) is 0 Å². The Morgan fingerprint density at radius 2 is 1.42 bits per heavy atom. The Morgan fingerprint density at radius 3 is 1.42 bits per heavy atom. The largest absolute Gasteiger partial charge is 0.390 e. The molecule has 0 aliphatic carbocycles. The quantitative estimate of drug-likeness (QED) is 0.252. The SMILES string of the molecule is NCC(O)CN.NCCC(N)O. The average molecular weight is 180 g/mol. The van der Waals surface area contributed by atoms with Crippen LogP contribution in [-0.2, 0) is 0 Å². The summed E-state index contributed by atoms with van der Waals surface area (Å²) in [6.45, 7) is 0.977. The number of hydrogen-bond acceptors (Lipinski definition) is 6. The van der Waals surface area contributed by atoms with Crippen molar-refractivity contribution in [3.05, 3.63) is 0 Å². The van der Waals surface area contributed by atoms with Gasteiger partial charge in [-0.3, -0.25) is 0 Å². The highest BCUT2D eigenvalue weighted by Crippen LogP contribution is 1.73. The molecule has 0 aromatic rings. The summed E-state index contributed by atoms with van der Waals surface area (Å²) in [7, 11) is 0. The van der Waals surface area contributed by atoms with Crippen molar-refractivity contribution >= 4 is 0 Å². The molecule has 6 heteroatoms. The van der Waals surface area contributed by atoms with Gasteiger partial charge in [0.25, 0.3) is 0 Å². The van der Waals surface area contributed by atoms with Crippen molar-refractivity contribution in [2.45, 2.75) is 18.8 Å². The van der Waals surface area contributed by atoms with E-state index in [2.05, 4.69) is 0 Å². The fourth-order valence-corrected chi connectivity index (χ4v) is 0.267. The Hall–Kier alpha value is -0.240. The first-order chi connectivity index (χ1) is 5.58. The number of aliphatic hydroxyl groups excluding tert-OH is 2. The van der Waals surface area contributed by atoms with E-state index in [9.17, 15) is 0 Å². The van der Waals surface area contributed by atoms with Crippen molar-refractivity contribution in [1.29, 1.82) is 0 Å². The van der Waals surface area contributed by atoms with Crippen LogP contribution < -0.4 is 22.9 Å². The summed E-state index contributed by atoms with van der Waals surface area (Å²) in [5, 5.41) is 16.7. The zero-order valence-corrected chi connectivity index (χ0v) is 7.19. The summed E-state index contributed by atoms with van der Waals surface area (Å²) >= 11 is 0. The highest BCUT2D eigenvalue weighted by atomic mass is 16.3. The van der Waals surface area contributed by atoms with Crippen molar-refractivity contribution in [3.63, 3.8) is 0 Å². The van der Waals surface area contributed by atoms with Crippen LogP contribution in [0.3, 0.4) is 0 Å². The lowest BCUT2D eigenvalue weighted by atomic mass is 10.4. The van der Waals surface area contributed by atoms with Crippen LogP contribution in [0.25, 0.3) is 0 Å². The maximum Gasteiger partial charge on any atom is 0.103 e. The molecule has 0 fully saturated rings. The summed E-state index contributed by atoms with van der Waals surface area (Å²) in [5.74, 6) is 0. The van der Waals surface area contributed by atoms with Gasteiger partial charge in [0, 0.05) is 13.1 Å². The van der Waals surface area contributed by atoms with Crippen molar-refractivity contribution in [2.24, 2.45) is 22.9 Å². The first-order valence-electron chi connectivity index (χ1n) is 3.80. The minimum absolute atomic E-state index is 0.260. The Kier molecular flexibility index (Phi) is 12.8. The van der Waals surface area contributed by atoms with Gasteiger partial charge in [0.15, 0.2) is 0 Å². The Bertz CT molecular complexity index is 77.9. The standard InChI is InChI=1S/2C3H10N2O/c4-1-3(6)2-5;4-2-1-3(5)6/h2*3,6H,1-2,4-5H2. The maximum atomic E-state index is 8.42. The molecule has 0 heterocycles. The predicted octanol–water partition coefficient (Wildman–Crippen LogP) is -3.12. The van der Waals surface area contributed by atoms with Crippen LogP contribution in [0.2, 0.25) is 0 Å². The number of nitrogens with two attached hydrogens (primary N) is 4. The van der Waals surface area contributed by atoms with Gasteiger partial charge >= 0.3 is 0 Å². The molecule has 0 saturated carbocycles. The van der Waals surface area contributed by atoms with Gasteiger partial charge in [0.2, 0.25) is 0 Å². The van der Waals surface area contributed by atoms with Crippen molar-refractivity contribution in [2.75, 3.05) is 19.6 Å². The smallest absolute Gasteiger partial charge is 0.103 e. The monoisotopic (exact) mass is 180 g/mol. The normalized spacial score (nSPS) is 12.2. The third-order valence-electron chi connectivity index (χ3n) is 1.01. The molecule has 0 radical (unpaired) electrons. The molecule has 0 aliphatic heterocycles. The van der Waals surface area contributed by atoms with E-state index in [0.29, 0.717) is 13.0 Å². The zero-order valence-electron chi connectivity index (χ0n) is 7.19. The zero-order chi connectivity index (χ0) is 9.98. The van der Waals surface area contributed by atoms with E-state index in [4.69, 9.17) is 33.1 Å². The van der Waals surface area contributed by atoms with E-state index in [1.54, 1.807) is 0 Å². The van der Waals surface area contributed by atoms with E-state index in [1.165, 1.54) is 0 Å². The van der Waals surface area contributed by atoms with Gasteiger partial charge in [0.05, 0.1) is 6.10 Å². The summed E-state index contributed by atoms with van der Waals surface area (Å²) in [6, 6.07) is 0. The summed E-state index contributed by atoms with van der Waals surface area (Å²) in [5.41, 5.74) is 19.8. The van der Waals surface area contributed by atoms with Gasteiger partial charge in [-0.15, -0.1) is 0 Å². The lowest BCUT2D eigenvalue weighted by Gasteiger charge is -1.98. The van der Waals surface area contributed by atoms with Gasteiger partial charge in [-0.1, -0.05) is 0 Å². The van der Waals surface area contributed by atoms with E-state index in [-0.39, 0.29) is 13.1 Å². The van der Waals surface area contributed by atoms with Gasteiger partial charge < -0.3 is 33.1 Å². The van der Waals surface area contributed by atoms with Crippen LogP contribution >= 0.6 is 0 Å². The van der Waals surface area contributed by atoms with E-state index < -0.39 is 12.3 Å². The predicted molar refractivity (Wildman–Crippen MR) is 48.0 cm³/mol. The van der Waals surface area contributed by atoms with Gasteiger partial charge in [-0.2, -0.15) is 0 Å². The molecule has 0 aromatic carbocycles. The second-order valence-electron chi connectivity index (χ2n) is 2.27. The van der Waals surface area contributed by atoms with Gasteiger partial charge in [-0.05, 0) is 13.0 Å². The minimum atomic E-state index is -0.727. The highest BCUT2D eigenvalue weighted by molar-refractivity contribution is 4.52. The van der Waals surface area contributed by atoms with Gasteiger partial charge in [-0.25, -0.2) is 0 Å². The summed E-state index contributed by atoms with van der Waals surface area (Å²) in [4.78, 5) is 0. The molecule has 6 nitrogen and oxygen atoms in total. The second-order valence-corrected chi connectivity index (χ2v) is 2.27. The average Bonchev–Trinajstić information content (AvgIpc) is 2.04. The van der Waals surface area contributed by atoms with Crippen LogP contribution in [0, 0.1) is 0 Å². The summed E-state index contributed by atoms with van der Waals surface area (Å²) in [6.07, 6.45) is -0.750. The highest BCUT2D eigenvalue weighted by Gasteiger charge is 1.91. The maximum absolute atomic E-state index is 8.42. The molecule has 0 saturated heterocycles. The van der Waals surface area contributed by atoms with Crippen LogP contribution in [-0.4, -0.2) is 42.2 Å². The topological polar surface area (TPSA) is 145 Å². The molecule has 10 N–H and O–H groups in total. The third-order valence-corrected chi connectivity index (χ3v) is 1.01. The molecule has 0 spiro atoms. The fraction of sp³-hybridized carbons (Fsp3) is 1.00. The first kappa shape index (κ1) is 14.3. The lowest BCUT2D eigenvalue weighted by molar-refractivity contribution is 0.175. The number of rotatable bonds is 4. The molecular weight excluding hydrogens is 160 g/mol. The van der Waals surface area contributed by atoms with Crippen LogP contribution in [0.5, 0.6) is 0 Å². The molecule has 0 aromatic heterocycles. The number of aliphatic hydroxyl groups is 2. The molecule has 1 unspecified atom stereocenters. The number of hydrogen-bond donors (Lipinski definition) is 6. The molecule has 76 valence electrons. The third kappa shape index (κ3) is 16.4. The first-order valence-corrected chi connectivity index (χ1v) is 3.80. The summed E-state index contributed by atoms with van der Waals surface area (Å²) < 4.78 is 0. The second kappa shape index (κ2) is 10.8. The molecule has 0 bridgehead atoms. The molecular formula is C6H20N4O2. The van der Waals surface area contributed by atoms with Crippen LogP contribution in [0.4, 0.5) is 0 Å². The molecule has 0 rings (SSSR count). The van der Waals surface area contributed by atoms with Crippen molar-refractivity contribution in [1.82, 2.24) is 0 Å². The lowest BCUT2D eigenvalue weighted by Crippen LogP contribution is -2.27. The molecule has 12 heavy (non-hydrogen) atoms. The van der Waals surface area contributed by atoms with Crippen LogP contribution in [0.1, 0.15) is 6.42 Å². The van der Waals surface area contributed by atoms with Gasteiger partial charge in [0.1, 0.15) is 6.23 Å². The molecule has 0 aliphatic rings. The molecule has 0 amide bonds. The fourth-order valence-electron chi connectivity index (χ4n) is 0.267. The minimum Gasteiger partial charge on any atom is -0.390 e. The van der Waals surface area contributed by atoms with E-state index >= 15 is 0 Å². The Balaban J connectivity index is 0. The van der Waals surface area contributed by atoms with E-state index in [0.717, 1.165) is 0 Å². The van der Waals surface area contributed by atoms with E-state index in [1.807, 2.05) is 0 Å².